The average molecular weight is 222 g/mol. The van der Waals surface area contributed by atoms with Crippen molar-refractivity contribution in [3.63, 3.8) is 0 Å². The van der Waals surface area contributed by atoms with Crippen LogP contribution in [0.25, 0.3) is 0 Å². The van der Waals surface area contributed by atoms with Crippen molar-refractivity contribution in [2.24, 2.45) is 0 Å². The fraction of sp³-hybridized carbons (Fsp3) is 0.385. The summed E-state index contributed by atoms with van der Waals surface area (Å²) in [6.45, 7) is 4.56. The molecule has 0 bridgehead atoms. The van der Waals surface area contributed by atoms with Gasteiger partial charge in [-0.3, -0.25) is 0 Å². The Kier molecular flexibility index (Phi) is 4.70. The fourth-order valence-corrected chi connectivity index (χ4v) is 1.34. The zero-order valence-corrected chi connectivity index (χ0v) is 9.73. The van der Waals surface area contributed by atoms with Gasteiger partial charge in [0.25, 0.3) is 0 Å². The van der Waals surface area contributed by atoms with Gasteiger partial charge in [-0.25, -0.2) is 0 Å². The summed E-state index contributed by atoms with van der Waals surface area (Å²) in [4.78, 5) is 0. The summed E-state index contributed by atoms with van der Waals surface area (Å²) in [6.07, 6.45) is 3.22. The van der Waals surface area contributed by atoms with Crippen molar-refractivity contribution in [3.8, 4) is 11.5 Å². The van der Waals surface area contributed by atoms with Gasteiger partial charge >= 0.3 is 0 Å². The summed E-state index contributed by atoms with van der Waals surface area (Å²) >= 11 is 0. The molecule has 0 aliphatic heterocycles. The second kappa shape index (κ2) is 6.05. The van der Waals surface area contributed by atoms with Crippen LogP contribution in [0, 0.1) is 0 Å². The van der Waals surface area contributed by atoms with Crippen molar-refractivity contribution < 1.29 is 14.9 Å². The molecule has 0 saturated carbocycles. The van der Waals surface area contributed by atoms with Gasteiger partial charge in [0.15, 0.2) is 0 Å². The van der Waals surface area contributed by atoms with E-state index in [1.807, 2.05) is 13.8 Å². The molecule has 0 amide bonds. The van der Waals surface area contributed by atoms with E-state index in [4.69, 9.17) is 4.74 Å². The van der Waals surface area contributed by atoms with Crippen LogP contribution in [0.1, 0.15) is 25.8 Å². The van der Waals surface area contributed by atoms with Crippen LogP contribution >= 0.6 is 0 Å². The van der Waals surface area contributed by atoms with E-state index in [1.165, 1.54) is 12.1 Å². The fourth-order valence-electron chi connectivity index (χ4n) is 1.34. The van der Waals surface area contributed by atoms with Crippen LogP contribution in [0.5, 0.6) is 11.5 Å². The van der Waals surface area contributed by atoms with Gasteiger partial charge in [-0.05, 0) is 56.0 Å². The van der Waals surface area contributed by atoms with E-state index in [0.717, 1.165) is 17.6 Å². The highest BCUT2D eigenvalue weighted by atomic mass is 16.5. The molecule has 0 aliphatic rings. The molecule has 3 nitrogen and oxygen atoms in total. The van der Waals surface area contributed by atoms with Crippen molar-refractivity contribution in [3.05, 3.63) is 35.6 Å². The summed E-state index contributed by atoms with van der Waals surface area (Å²) in [5.74, 6) is 0.401. The Labute approximate surface area is 96.0 Å². The predicted molar refractivity (Wildman–Crippen MR) is 63.5 cm³/mol. The molecule has 1 aromatic carbocycles. The highest BCUT2D eigenvalue weighted by molar-refractivity contribution is 5.38. The number of rotatable bonds is 5. The summed E-state index contributed by atoms with van der Waals surface area (Å²) in [6, 6.07) is 4.55. The third kappa shape index (κ3) is 4.26. The molecule has 0 radical (unpaired) electrons. The maximum Gasteiger partial charge on any atom is 0.119 e. The molecule has 0 unspecified atom stereocenters. The lowest BCUT2D eigenvalue weighted by atomic mass is 10.1. The molecular weight excluding hydrogens is 204 g/mol. The first-order valence-corrected chi connectivity index (χ1v) is 5.35. The molecule has 0 aromatic heterocycles. The van der Waals surface area contributed by atoms with E-state index < -0.39 is 0 Å². The van der Waals surface area contributed by atoms with E-state index in [0.29, 0.717) is 13.0 Å². The molecular formula is C13H18O3. The van der Waals surface area contributed by atoms with Gasteiger partial charge in [0.2, 0.25) is 0 Å². The summed E-state index contributed by atoms with van der Waals surface area (Å²) in [5.41, 5.74) is 1.88. The molecule has 0 saturated heterocycles. The van der Waals surface area contributed by atoms with Crippen LogP contribution in [-0.2, 0) is 11.2 Å². The molecule has 0 spiro atoms. The summed E-state index contributed by atoms with van der Waals surface area (Å²) < 4.78 is 5.28. The number of allylic oxidation sites excluding steroid dienone is 1. The van der Waals surface area contributed by atoms with Gasteiger partial charge in [0.1, 0.15) is 11.5 Å². The Morgan fingerprint density at radius 3 is 2.75 bits per heavy atom. The first-order chi connectivity index (χ1) is 7.59. The topological polar surface area (TPSA) is 49.7 Å². The monoisotopic (exact) mass is 222 g/mol. The van der Waals surface area contributed by atoms with Crippen molar-refractivity contribution in [1.29, 1.82) is 0 Å². The quantitative estimate of drug-likeness (QED) is 0.457. The maximum atomic E-state index is 9.52. The third-order valence-corrected chi connectivity index (χ3v) is 2.09. The first-order valence-electron chi connectivity index (χ1n) is 5.35. The minimum atomic E-state index is 0.179. The molecule has 0 fully saturated rings. The van der Waals surface area contributed by atoms with Crippen LogP contribution in [0.2, 0.25) is 0 Å². The Morgan fingerprint density at radius 2 is 2.06 bits per heavy atom. The molecule has 0 heterocycles. The minimum absolute atomic E-state index is 0.179. The maximum absolute atomic E-state index is 9.52. The molecule has 2 N–H and O–H groups in total. The van der Waals surface area contributed by atoms with Gasteiger partial charge in [-0.15, -0.1) is 0 Å². The first kappa shape index (κ1) is 12.4. The molecule has 0 atom stereocenters. The SMILES string of the molecule is CC(C)=COCCCc1cc(O)ccc1O. The van der Waals surface area contributed by atoms with Crippen LogP contribution < -0.4 is 0 Å². The number of phenolic OH excluding ortho intramolecular Hbond substituents is 2. The second-order valence-electron chi connectivity index (χ2n) is 3.98. The van der Waals surface area contributed by atoms with Crippen molar-refractivity contribution >= 4 is 0 Å². The lowest BCUT2D eigenvalue weighted by Gasteiger charge is -2.05. The Balaban J connectivity index is 2.37. The summed E-state index contributed by atoms with van der Waals surface area (Å²) in [7, 11) is 0. The van der Waals surface area contributed by atoms with Gasteiger partial charge in [0.05, 0.1) is 12.9 Å². The Bertz CT molecular complexity index is 365. The zero-order chi connectivity index (χ0) is 12.0. The van der Waals surface area contributed by atoms with Crippen LogP contribution in [0.15, 0.2) is 30.0 Å². The highest BCUT2D eigenvalue weighted by Crippen LogP contribution is 2.23. The Morgan fingerprint density at radius 1 is 1.31 bits per heavy atom. The molecule has 3 heteroatoms. The number of aryl methyl sites for hydroxylation is 1. The van der Waals surface area contributed by atoms with Crippen LogP contribution in [0.3, 0.4) is 0 Å². The zero-order valence-electron chi connectivity index (χ0n) is 9.73. The molecule has 1 rings (SSSR count). The van der Waals surface area contributed by atoms with E-state index in [-0.39, 0.29) is 11.5 Å². The lowest BCUT2D eigenvalue weighted by molar-refractivity contribution is 0.242. The van der Waals surface area contributed by atoms with Crippen molar-refractivity contribution in [2.45, 2.75) is 26.7 Å². The molecule has 0 aliphatic carbocycles. The average Bonchev–Trinajstić information content (AvgIpc) is 2.22. The number of ether oxygens (including phenoxy) is 1. The lowest BCUT2D eigenvalue weighted by Crippen LogP contribution is -1.93. The molecule has 16 heavy (non-hydrogen) atoms. The second-order valence-corrected chi connectivity index (χ2v) is 3.98. The number of phenols is 2. The van der Waals surface area contributed by atoms with Crippen LogP contribution in [-0.4, -0.2) is 16.8 Å². The van der Waals surface area contributed by atoms with E-state index in [1.54, 1.807) is 12.3 Å². The van der Waals surface area contributed by atoms with Gasteiger partial charge in [0, 0.05) is 0 Å². The van der Waals surface area contributed by atoms with E-state index in [2.05, 4.69) is 0 Å². The molecule has 88 valence electrons. The highest BCUT2D eigenvalue weighted by Gasteiger charge is 2.01. The number of hydrogen-bond acceptors (Lipinski definition) is 3. The number of aromatic hydroxyl groups is 2. The standard InChI is InChI=1S/C13H18O3/c1-10(2)9-16-7-3-4-11-8-12(14)5-6-13(11)15/h5-6,8-9,14-15H,3-4,7H2,1-2H3. The van der Waals surface area contributed by atoms with Crippen LogP contribution in [0.4, 0.5) is 0 Å². The third-order valence-electron chi connectivity index (χ3n) is 2.09. The molecule has 1 aromatic rings. The van der Waals surface area contributed by atoms with Crippen molar-refractivity contribution in [2.75, 3.05) is 6.61 Å². The van der Waals surface area contributed by atoms with Gasteiger partial charge in [-0.2, -0.15) is 0 Å². The summed E-state index contributed by atoms with van der Waals surface area (Å²) in [5, 5.41) is 18.8. The van der Waals surface area contributed by atoms with E-state index >= 15 is 0 Å². The normalized spacial score (nSPS) is 9.88. The number of benzene rings is 1. The van der Waals surface area contributed by atoms with Gasteiger partial charge in [-0.1, -0.05) is 0 Å². The number of hydrogen-bond donors (Lipinski definition) is 2. The van der Waals surface area contributed by atoms with Gasteiger partial charge < -0.3 is 14.9 Å². The largest absolute Gasteiger partial charge is 0.508 e. The predicted octanol–water partition coefficient (Wildman–Crippen LogP) is 2.97. The smallest absolute Gasteiger partial charge is 0.119 e. The van der Waals surface area contributed by atoms with E-state index in [9.17, 15) is 10.2 Å². The minimum Gasteiger partial charge on any atom is -0.508 e. The Hall–Kier alpha value is -1.64. The van der Waals surface area contributed by atoms with Crippen molar-refractivity contribution in [1.82, 2.24) is 0 Å².